The first kappa shape index (κ1) is 16.3. The van der Waals surface area contributed by atoms with Crippen molar-refractivity contribution < 1.29 is 18.3 Å². The molecule has 2 aromatic carbocycles. The smallest absolute Gasteiger partial charge is 0.287 e. The van der Waals surface area contributed by atoms with Crippen LogP contribution in [0.25, 0.3) is 0 Å². The van der Waals surface area contributed by atoms with E-state index in [2.05, 4.69) is 15.0 Å². The zero-order valence-corrected chi connectivity index (χ0v) is 13.9. The van der Waals surface area contributed by atoms with Crippen LogP contribution in [0.15, 0.2) is 45.7 Å². The Morgan fingerprint density at radius 1 is 1.29 bits per heavy atom. The van der Waals surface area contributed by atoms with E-state index in [0.717, 1.165) is 0 Å². The maximum Gasteiger partial charge on any atom is 0.287 e. The molecule has 0 spiro atoms. The van der Waals surface area contributed by atoms with E-state index in [-0.39, 0.29) is 33.1 Å². The largest absolute Gasteiger partial charge is 0.506 e. The number of carbonyl (C=O) groups excluding carboxylic acids is 1. The molecular weight excluding hydrogens is 354 g/mol. The summed E-state index contributed by atoms with van der Waals surface area (Å²) in [6, 6.07) is 8.94. The van der Waals surface area contributed by atoms with Gasteiger partial charge in [0.15, 0.2) is 5.78 Å². The number of carbonyl (C=O) groups is 1. The zero-order valence-electron chi connectivity index (χ0n) is 12.4. The number of phenols is 1. The lowest BCUT2D eigenvalue weighted by atomic mass is 10.1. The number of Topliss-reactive ketones (excluding diaryl/α,β-unsaturated/α-hetero) is 1. The molecule has 0 saturated heterocycles. The number of aromatic hydroxyl groups is 1. The van der Waals surface area contributed by atoms with Crippen molar-refractivity contribution >= 4 is 44.7 Å². The van der Waals surface area contributed by atoms with Gasteiger partial charge in [-0.1, -0.05) is 23.7 Å². The van der Waals surface area contributed by atoms with Crippen molar-refractivity contribution in [1.82, 2.24) is 0 Å². The molecule has 7 nitrogen and oxygen atoms in total. The summed E-state index contributed by atoms with van der Waals surface area (Å²) in [6.07, 6.45) is 0. The Labute approximate surface area is 143 Å². The second-order valence-electron chi connectivity index (χ2n) is 5.10. The highest BCUT2D eigenvalue weighted by Gasteiger charge is 2.28. The number of rotatable bonds is 2. The van der Waals surface area contributed by atoms with Crippen molar-refractivity contribution in [3.63, 3.8) is 0 Å². The minimum atomic E-state index is -4.03. The van der Waals surface area contributed by atoms with Gasteiger partial charge in [0.25, 0.3) is 10.0 Å². The van der Waals surface area contributed by atoms with Crippen LogP contribution in [0.5, 0.6) is 5.75 Å². The van der Waals surface area contributed by atoms with Crippen LogP contribution >= 0.6 is 11.6 Å². The number of nitrogens with one attached hydrogen (secondary N) is 2. The number of sulfonamides is 1. The number of hydrogen-bond donors (Lipinski definition) is 3. The molecule has 3 N–H and O–H groups in total. The van der Waals surface area contributed by atoms with Crippen LogP contribution in [0.2, 0.25) is 5.02 Å². The number of fused-ring (bicyclic) bond motifs is 1. The molecule has 0 bridgehead atoms. The summed E-state index contributed by atoms with van der Waals surface area (Å²) in [5.74, 6) is -0.531. The minimum absolute atomic E-state index is 0.0142. The van der Waals surface area contributed by atoms with Gasteiger partial charge in [-0.3, -0.25) is 4.79 Å². The highest BCUT2D eigenvalue weighted by atomic mass is 35.5. The molecule has 0 fully saturated rings. The van der Waals surface area contributed by atoms with E-state index in [1.807, 2.05) is 0 Å². The maximum absolute atomic E-state index is 12.3. The number of phenolic OH excluding ortho intramolecular Hbond substituents is 1. The van der Waals surface area contributed by atoms with Gasteiger partial charge in [-0.2, -0.15) is 8.42 Å². The minimum Gasteiger partial charge on any atom is -0.506 e. The molecule has 0 radical (unpaired) electrons. The molecule has 0 saturated carbocycles. The third-order valence-electron chi connectivity index (χ3n) is 3.31. The lowest BCUT2D eigenvalue weighted by molar-refractivity contribution is 0.101. The Morgan fingerprint density at radius 2 is 2.04 bits per heavy atom. The van der Waals surface area contributed by atoms with E-state index in [0.29, 0.717) is 11.3 Å². The number of nitrogens with zero attached hydrogens (tertiary/aromatic N) is 1. The van der Waals surface area contributed by atoms with Crippen molar-refractivity contribution in [2.45, 2.75) is 11.8 Å². The second kappa shape index (κ2) is 5.81. The molecule has 3 rings (SSSR count). The lowest BCUT2D eigenvalue weighted by Crippen LogP contribution is -2.28. The fourth-order valence-corrected chi connectivity index (χ4v) is 3.61. The van der Waals surface area contributed by atoms with E-state index in [1.54, 1.807) is 24.3 Å². The molecule has 2 aromatic rings. The summed E-state index contributed by atoms with van der Waals surface area (Å²) in [6.45, 7) is 1.43. The van der Waals surface area contributed by atoms with E-state index >= 15 is 0 Å². The van der Waals surface area contributed by atoms with Gasteiger partial charge >= 0.3 is 0 Å². The molecule has 124 valence electrons. The quantitative estimate of drug-likeness (QED) is 0.558. The Morgan fingerprint density at radius 3 is 2.75 bits per heavy atom. The highest BCUT2D eigenvalue weighted by molar-refractivity contribution is 7.90. The van der Waals surface area contributed by atoms with E-state index in [9.17, 15) is 18.3 Å². The van der Waals surface area contributed by atoms with Gasteiger partial charge in [-0.15, -0.1) is 4.40 Å². The molecule has 24 heavy (non-hydrogen) atoms. The topological polar surface area (TPSA) is 108 Å². The third kappa shape index (κ3) is 3.06. The summed E-state index contributed by atoms with van der Waals surface area (Å²) in [4.78, 5) is 11.2. The Kier molecular flexibility index (Phi) is 3.94. The predicted molar refractivity (Wildman–Crippen MR) is 91.4 cm³/mol. The fraction of sp³-hybridized carbons (Fsp3) is 0.0667. The van der Waals surface area contributed by atoms with Crippen LogP contribution in [0, 0.1) is 0 Å². The predicted octanol–water partition coefficient (Wildman–Crippen LogP) is 2.83. The Balaban J connectivity index is 1.99. The van der Waals surface area contributed by atoms with E-state index in [4.69, 9.17) is 11.6 Å². The average molecular weight is 366 g/mol. The van der Waals surface area contributed by atoms with Gasteiger partial charge in [0.1, 0.15) is 16.3 Å². The molecule has 0 aliphatic carbocycles. The van der Waals surface area contributed by atoms with Crippen LogP contribution in [0.1, 0.15) is 17.3 Å². The monoisotopic (exact) mass is 365 g/mol. The van der Waals surface area contributed by atoms with Crippen LogP contribution < -0.4 is 10.6 Å². The molecule has 1 aliphatic rings. The van der Waals surface area contributed by atoms with Crippen molar-refractivity contribution in [3.05, 3.63) is 47.0 Å². The SMILES string of the molecule is CC(=O)c1cccc(NC2=NS(=O)(=O)c3cc(Cl)cc(O)c3N2)c1. The first-order chi connectivity index (χ1) is 11.3. The van der Waals surface area contributed by atoms with E-state index < -0.39 is 10.0 Å². The van der Waals surface area contributed by atoms with Crippen LogP contribution in [0.4, 0.5) is 11.4 Å². The zero-order chi connectivity index (χ0) is 17.5. The van der Waals surface area contributed by atoms with Crippen LogP contribution in [-0.2, 0) is 10.0 Å². The number of anilines is 2. The number of guanidine groups is 1. The molecule has 0 amide bonds. The normalized spacial score (nSPS) is 15.0. The molecule has 0 unspecified atom stereocenters. The van der Waals surface area contributed by atoms with E-state index in [1.165, 1.54) is 19.1 Å². The first-order valence-corrected chi connectivity index (χ1v) is 8.60. The number of hydrogen-bond acceptors (Lipinski definition) is 6. The third-order valence-corrected chi connectivity index (χ3v) is 4.83. The summed E-state index contributed by atoms with van der Waals surface area (Å²) in [7, 11) is -4.03. The van der Waals surface area contributed by atoms with Crippen molar-refractivity contribution in [3.8, 4) is 5.75 Å². The number of benzene rings is 2. The highest BCUT2D eigenvalue weighted by Crippen LogP contribution is 2.37. The van der Waals surface area contributed by atoms with Gasteiger partial charge < -0.3 is 15.7 Å². The first-order valence-electron chi connectivity index (χ1n) is 6.79. The summed E-state index contributed by atoms with van der Waals surface area (Å²) >= 11 is 5.77. The molecule has 1 aliphatic heterocycles. The fourth-order valence-electron chi connectivity index (χ4n) is 2.21. The molecular formula is C15H12ClN3O4S. The van der Waals surface area contributed by atoms with Gasteiger partial charge in [0.2, 0.25) is 5.96 Å². The summed E-state index contributed by atoms with van der Waals surface area (Å²) in [5, 5.41) is 15.5. The van der Waals surface area contributed by atoms with Gasteiger partial charge in [-0.05, 0) is 25.1 Å². The van der Waals surface area contributed by atoms with Crippen molar-refractivity contribution in [2.75, 3.05) is 10.6 Å². The summed E-state index contributed by atoms with van der Waals surface area (Å²) < 4.78 is 28.1. The Bertz CT molecular complexity index is 986. The van der Waals surface area contributed by atoms with Crippen molar-refractivity contribution in [2.24, 2.45) is 4.40 Å². The van der Waals surface area contributed by atoms with Crippen molar-refractivity contribution in [1.29, 1.82) is 0 Å². The van der Waals surface area contributed by atoms with Gasteiger partial charge in [0.05, 0.1) is 0 Å². The molecule has 9 heteroatoms. The van der Waals surface area contributed by atoms with Crippen LogP contribution in [-0.4, -0.2) is 25.3 Å². The molecule has 0 aromatic heterocycles. The average Bonchev–Trinajstić information content (AvgIpc) is 2.48. The number of halogens is 1. The molecule has 0 atom stereocenters. The lowest BCUT2D eigenvalue weighted by Gasteiger charge is -2.20. The number of ketones is 1. The standard InChI is InChI=1S/C15H12ClN3O4S/c1-8(20)9-3-2-4-11(5-9)17-15-18-14-12(21)6-10(16)7-13(14)24(22,23)19-15/h2-7,21H,1H3,(H2,17,18,19). The Hall–Kier alpha value is -2.58. The van der Waals surface area contributed by atoms with Crippen LogP contribution in [0.3, 0.4) is 0 Å². The van der Waals surface area contributed by atoms with Gasteiger partial charge in [0, 0.05) is 22.3 Å². The molecule has 1 heterocycles. The van der Waals surface area contributed by atoms with Gasteiger partial charge in [-0.25, -0.2) is 0 Å². The second-order valence-corrected chi connectivity index (χ2v) is 7.11. The summed E-state index contributed by atoms with van der Waals surface area (Å²) in [5.41, 5.74) is 0.926. The maximum atomic E-state index is 12.3.